The number of aldehydes is 1. The largest absolute Gasteiger partial charge is 0.407 e. The zero-order valence-electron chi connectivity index (χ0n) is 14.3. The molecular formula is C17H23BrN2O2Si. The highest BCUT2D eigenvalue weighted by Gasteiger charge is 2.32. The maximum Gasteiger partial charge on any atom is 0.185 e. The van der Waals surface area contributed by atoms with Crippen molar-refractivity contribution in [1.29, 1.82) is 0 Å². The van der Waals surface area contributed by atoms with Crippen LogP contribution in [0.25, 0.3) is 0 Å². The maximum absolute atomic E-state index is 11.2. The average molecular weight is 395 g/mol. The van der Waals surface area contributed by atoms with Crippen molar-refractivity contribution >= 4 is 30.5 Å². The molecule has 0 N–H and O–H groups in total. The Labute approximate surface area is 147 Å². The smallest absolute Gasteiger partial charge is 0.185 e. The maximum atomic E-state index is 11.2. The van der Waals surface area contributed by atoms with Crippen LogP contribution in [0.4, 0.5) is 0 Å². The van der Waals surface area contributed by atoms with Crippen molar-refractivity contribution in [2.24, 2.45) is 0 Å². The topological polar surface area (TPSA) is 44.1 Å². The van der Waals surface area contributed by atoms with E-state index in [4.69, 9.17) is 4.43 Å². The molecule has 6 heteroatoms. The van der Waals surface area contributed by atoms with Crippen LogP contribution in [0.5, 0.6) is 0 Å². The Balaban J connectivity index is 2.40. The van der Waals surface area contributed by atoms with Crippen LogP contribution >= 0.6 is 15.9 Å². The number of benzene rings is 1. The first-order valence-corrected chi connectivity index (χ1v) is 11.8. The third-order valence-corrected chi connectivity index (χ3v) is 4.94. The number of rotatable bonds is 6. The molecule has 0 aliphatic rings. The summed E-state index contributed by atoms with van der Waals surface area (Å²) in [4.78, 5) is 11.2. The monoisotopic (exact) mass is 394 g/mol. The van der Waals surface area contributed by atoms with Crippen LogP contribution in [0, 0.1) is 0 Å². The van der Waals surface area contributed by atoms with E-state index in [2.05, 4.69) is 46.7 Å². The van der Waals surface area contributed by atoms with E-state index in [1.165, 1.54) is 0 Å². The summed E-state index contributed by atoms with van der Waals surface area (Å²) in [7, 11) is -1.74. The van der Waals surface area contributed by atoms with Gasteiger partial charge in [0.2, 0.25) is 0 Å². The molecule has 0 aliphatic heterocycles. The van der Waals surface area contributed by atoms with Gasteiger partial charge in [0.1, 0.15) is 5.69 Å². The molecule has 1 aromatic carbocycles. The summed E-state index contributed by atoms with van der Waals surface area (Å²) in [6.07, 6.45) is 0.783. The Kier molecular flexibility index (Phi) is 5.28. The van der Waals surface area contributed by atoms with Crippen LogP contribution in [0.15, 0.2) is 34.8 Å². The van der Waals surface area contributed by atoms with Crippen molar-refractivity contribution in [1.82, 2.24) is 9.78 Å². The van der Waals surface area contributed by atoms with Crippen LogP contribution in [-0.2, 0) is 16.6 Å². The number of carbonyl (C=O) groups is 1. The fourth-order valence-corrected chi connectivity index (χ4v) is 4.81. The van der Waals surface area contributed by atoms with E-state index in [1.54, 1.807) is 0 Å². The average Bonchev–Trinajstić information content (AvgIpc) is 2.80. The van der Waals surface area contributed by atoms with Gasteiger partial charge in [0, 0.05) is 4.47 Å². The van der Waals surface area contributed by atoms with Crippen LogP contribution in [0.1, 0.15) is 35.6 Å². The minimum absolute atomic E-state index is 0.433. The number of nitrogens with zero attached hydrogens (tertiary/aromatic N) is 2. The third-order valence-electron chi connectivity index (χ3n) is 3.32. The molecule has 0 radical (unpaired) electrons. The van der Waals surface area contributed by atoms with Crippen molar-refractivity contribution in [3.05, 3.63) is 51.8 Å². The lowest BCUT2D eigenvalue weighted by Gasteiger charge is -2.33. The van der Waals surface area contributed by atoms with Gasteiger partial charge in [-0.25, -0.2) is 0 Å². The molecule has 1 aromatic heterocycles. The highest BCUT2D eigenvalue weighted by Crippen LogP contribution is 2.29. The Morgan fingerprint density at radius 3 is 2.57 bits per heavy atom. The lowest BCUT2D eigenvalue weighted by Crippen LogP contribution is -2.38. The van der Waals surface area contributed by atoms with Crippen molar-refractivity contribution in [2.75, 3.05) is 0 Å². The molecule has 0 unspecified atom stereocenters. The Hall–Kier alpha value is -1.24. The lowest BCUT2D eigenvalue weighted by atomic mass is 10.0. The summed E-state index contributed by atoms with van der Waals surface area (Å²) in [6.45, 7) is 11.1. The van der Waals surface area contributed by atoms with E-state index >= 15 is 0 Å². The van der Waals surface area contributed by atoms with E-state index in [0.717, 1.165) is 22.0 Å². The number of halogens is 1. The number of aromatic nitrogens is 2. The molecule has 124 valence electrons. The fourth-order valence-electron chi connectivity index (χ4n) is 2.73. The van der Waals surface area contributed by atoms with Gasteiger partial charge in [0.15, 0.2) is 14.6 Å². The lowest BCUT2D eigenvalue weighted by molar-refractivity contribution is 0.0898. The van der Waals surface area contributed by atoms with E-state index < -0.39 is 13.9 Å². The fraction of sp³-hybridized carbons (Fsp3) is 0.412. The van der Waals surface area contributed by atoms with Crippen molar-refractivity contribution in [3.63, 3.8) is 0 Å². The second-order valence-corrected chi connectivity index (χ2v) is 12.4. The van der Waals surface area contributed by atoms with Crippen LogP contribution < -0.4 is 0 Å². The van der Waals surface area contributed by atoms with Gasteiger partial charge in [-0.05, 0) is 57.3 Å². The van der Waals surface area contributed by atoms with Gasteiger partial charge < -0.3 is 4.43 Å². The summed E-state index contributed by atoms with van der Waals surface area (Å²) in [6, 6.07) is 9.90. The summed E-state index contributed by atoms with van der Waals surface area (Å²) in [5.41, 5.74) is 1.97. The van der Waals surface area contributed by atoms with Gasteiger partial charge in [-0.1, -0.05) is 28.1 Å². The second-order valence-electron chi connectivity index (χ2n) is 7.08. The molecule has 0 atom stereocenters. The van der Waals surface area contributed by atoms with Gasteiger partial charge in [0.05, 0.1) is 17.8 Å². The Bertz CT molecular complexity index is 705. The van der Waals surface area contributed by atoms with Gasteiger partial charge in [-0.2, -0.15) is 5.10 Å². The predicted octanol–water partition coefficient (Wildman–Crippen LogP) is 4.59. The molecule has 2 rings (SSSR count). The zero-order chi connectivity index (χ0) is 17.3. The van der Waals surface area contributed by atoms with Crippen LogP contribution in [-0.4, -0.2) is 24.4 Å². The number of hydrogen-bond acceptors (Lipinski definition) is 3. The molecular weight excluding hydrogens is 372 g/mol. The van der Waals surface area contributed by atoms with Crippen molar-refractivity contribution in [2.45, 2.75) is 45.6 Å². The van der Waals surface area contributed by atoms with Crippen molar-refractivity contribution < 1.29 is 9.22 Å². The van der Waals surface area contributed by atoms with E-state index in [-0.39, 0.29) is 0 Å². The molecule has 0 fully saturated rings. The van der Waals surface area contributed by atoms with Gasteiger partial charge >= 0.3 is 0 Å². The molecule has 0 amide bonds. The molecule has 0 bridgehead atoms. The Morgan fingerprint density at radius 1 is 1.30 bits per heavy atom. The summed E-state index contributed by atoms with van der Waals surface area (Å²) >= 11 is 3.49. The van der Waals surface area contributed by atoms with Crippen LogP contribution in [0.2, 0.25) is 19.6 Å². The third kappa shape index (κ3) is 4.86. The first-order valence-electron chi connectivity index (χ1n) is 7.59. The van der Waals surface area contributed by atoms with Gasteiger partial charge in [-0.15, -0.1) is 0 Å². The first-order chi connectivity index (χ1) is 10.6. The van der Waals surface area contributed by atoms with Crippen LogP contribution in [0.3, 0.4) is 0 Å². The van der Waals surface area contributed by atoms with Crippen molar-refractivity contribution in [3.8, 4) is 0 Å². The standard InChI is InChI=1S/C17H23BrN2O2Si/c1-17(2,22-23(3,4)5)16-10-15(12-21)19-20(16)11-13-7-6-8-14(18)9-13/h6-10,12H,11H2,1-5H3. The minimum Gasteiger partial charge on any atom is -0.407 e. The summed E-state index contributed by atoms with van der Waals surface area (Å²) in [5, 5.41) is 4.42. The molecule has 4 nitrogen and oxygen atoms in total. The normalized spacial score (nSPS) is 12.4. The van der Waals surface area contributed by atoms with E-state index in [0.29, 0.717) is 12.2 Å². The van der Waals surface area contributed by atoms with E-state index in [9.17, 15) is 4.79 Å². The SMILES string of the molecule is CC(C)(O[Si](C)(C)C)c1cc(C=O)nn1Cc1cccc(Br)c1. The molecule has 2 aromatic rings. The van der Waals surface area contributed by atoms with Gasteiger partial charge in [0.25, 0.3) is 0 Å². The first kappa shape index (κ1) is 18.1. The highest BCUT2D eigenvalue weighted by molar-refractivity contribution is 9.10. The number of hydrogen-bond donors (Lipinski definition) is 0. The molecule has 0 saturated carbocycles. The quantitative estimate of drug-likeness (QED) is 0.531. The highest BCUT2D eigenvalue weighted by atomic mass is 79.9. The molecule has 0 spiro atoms. The summed E-state index contributed by atoms with van der Waals surface area (Å²) < 4.78 is 9.22. The molecule has 1 heterocycles. The predicted molar refractivity (Wildman–Crippen MR) is 98.3 cm³/mol. The summed E-state index contributed by atoms with van der Waals surface area (Å²) in [5.74, 6) is 0. The van der Waals surface area contributed by atoms with E-state index in [1.807, 2.05) is 42.8 Å². The molecule has 0 aliphatic carbocycles. The Morgan fingerprint density at radius 2 is 2.00 bits per heavy atom. The van der Waals surface area contributed by atoms with Gasteiger partial charge in [-0.3, -0.25) is 9.48 Å². The number of carbonyl (C=O) groups excluding carboxylic acids is 1. The molecule has 23 heavy (non-hydrogen) atoms. The zero-order valence-corrected chi connectivity index (χ0v) is 16.8. The molecule has 0 saturated heterocycles. The second kappa shape index (κ2) is 6.71. The minimum atomic E-state index is -1.74.